The molecule has 0 aliphatic carbocycles. The predicted octanol–water partition coefficient (Wildman–Crippen LogP) is 0.367. The van der Waals surface area contributed by atoms with Crippen LogP contribution in [0.1, 0.15) is 23.7 Å². The number of hydrogen-bond donors (Lipinski definition) is 3. The normalized spacial score (nSPS) is 12.1. The van der Waals surface area contributed by atoms with Crippen LogP contribution < -0.4 is 5.32 Å². The van der Waals surface area contributed by atoms with Crippen LogP contribution in [0, 0.1) is 0 Å². The van der Waals surface area contributed by atoms with E-state index in [4.69, 9.17) is 0 Å². The molecule has 100 valence electrons. The third-order valence-corrected chi connectivity index (χ3v) is 2.70. The minimum absolute atomic E-state index is 0.238. The molecule has 3 N–H and O–H groups in total. The third-order valence-electron chi connectivity index (χ3n) is 2.70. The standard InChI is InChI=1S/C12H15N5O2/c1-2-10(18)7-13-12(19)9-5-3-4-8(6-9)11-14-16-17-15-11/h3-6,10,18H,2,7H2,1H3,(H,13,19)(H,14,15,16,17). The van der Waals surface area contributed by atoms with Crippen molar-refractivity contribution in [3.63, 3.8) is 0 Å². The molecule has 1 aromatic heterocycles. The first kappa shape index (κ1) is 13.2. The Morgan fingerprint density at radius 3 is 3.05 bits per heavy atom. The lowest BCUT2D eigenvalue weighted by Gasteiger charge is -2.09. The van der Waals surface area contributed by atoms with Crippen molar-refractivity contribution in [3.05, 3.63) is 29.8 Å². The number of nitrogens with zero attached hydrogens (tertiary/aromatic N) is 3. The molecule has 7 nitrogen and oxygen atoms in total. The van der Waals surface area contributed by atoms with Crippen LogP contribution in [0.15, 0.2) is 24.3 Å². The van der Waals surface area contributed by atoms with Gasteiger partial charge in [-0.25, -0.2) is 0 Å². The lowest BCUT2D eigenvalue weighted by Crippen LogP contribution is -2.31. The molecule has 19 heavy (non-hydrogen) atoms. The Morgan fingerprint density at radius 1 is 1.53 bits per heavy atom. The largest absolute Gasteiger partial charge is 0.391 e. The van der Waals surface area contributed by atoms with Gasteiger partial charge < -0.3 is 10.4 Å². The van der Waals surface area contributed by atoms with Crippen LogP contribution in [0.25, 0.3) is 11.4 Å². The van der Waals surface area contributed by atoms with E-state index >= 15 is 0 Å². The molecule has 2 aromatic rings. The first-order chi connectivity index (χ1) is 9.20. The van der Waals surface area contributed by atoms with E-state index in [-0.39, 0.29) is 12.5 Å². The molecule has 2 rings (SSSR count). The van der Waals surface area contributed by atoms with Crippen molar-refractivity contribution >= 4 is 5.91 Å². The van der Waals surface area contributed by atoms with Gasteiger partial charge in [0.05, 0.1) is 6.10 Å². The number of aliphatic hydroxyl groups is 1. The Labute approximate surface area is 110 Å². The lowest BCUT2D eigenvalue weighted by molar-refractivity contribution is 0.0914. The molecule has 0 saturated carbocycles. The van der Waals surface area contributed by atoms with Gasteiger partial charge in [-0.2, -0.15) is 5.21 Å². The van der Waals surface area contributed by atoms with Crippen molar-refractivity contribution < 1.29 is 9.90 Å². The fourth-order valence-corrected chi connectivity index (χ4v) is 1.54. The minimum atomic E-state index is -0.524. The monoisotopic (exact) mass is 261 g/mol. The number of carbonyl (C=O) groups excluding carboxylic acids is 1. The highest BCUT2D eigenvalue weighted by Gasteiger charge is 2.10. The van der Waals surface area contributed by atoms with Crippen LogP contribution in [0.5, 0.6) is 0 Å². The number of aromatic nitrogens is 4. The van der Waals surface area contributed by atoms with Crippen LogP contribution in [-0.4, -0.2) is 44.3 Å². The summed E-state index contributed by atoms with van der Waals surface area (Å²) >= 11 is 0. The number of amides is 1. The number of hydrogen-bond acceptors (Lipinski definition) is 5. The molecule has 1 unspecified atom stereocenters. The van der Waals surface area contributed by atoms with Crippen LogP contribution in [0.2, 0.25) is 0 Å². The quantitative estimate of drug-likeness (QED) is 0.721. The van der Waals surface area contributed by atoms with E-state index in [2.05, 4.69) is 25.9 Å². The van der Waals surface area contributed by atoms with Gasteiger partial charge in [0.25, 0.3) is 5.91 Å². The van der Waals surface area contributed by atoms with Crippen LogP contribution in [0.4, 0.5) is 0 Å². The number of rotatable bonds is 5. The molecule has 7 heteroatoms. The van der Waals surface area contributed by atoms with Gasteiger partial charge in [-0.3, -0.25) is 4.79 Å². The molecule has 1 heterocycles. The fourth-order valence-electron chi connectivity index (χ4n) is 1.54. The van der Waals surface area contributed by atoms with Gasteiger partial charge in [0.2, 0.25) is 5.82 Å². The molecular weight excluding hydrogens is 246 g/mol. The Balaban J connectivity index is 2.08. The van der Waals surface area contributed by atoms with E-state index in [1.54, 1.807) is 24.3 Å². The lowest BCUT2D eigenvalue weighted by atomic mass is 10.1. The highest BCUT2D eigenvalue weighted by molar-refractivity contribution is 5.95. The van der Waals surface area contributed by atoms with Gasteiger partial charge in [0.1, 0.15) is 0 Å². The SMILES string of the molecule is CCC(O)CNC(=O)c1cccc(-c2nn[nH]n2)c1. The maximum Gasteiger partial charge on any atom is 0.251 e. The third kappa shape index (κ3) is 3.35. The van der Waals surface area contributed by atoms with E-state index in [1.807, 2.05) is 6.92 Å². The average molecular weight is 261 g/mol. The summed E-state index contributed by atoms with van der Waals surface area (Å²) in [5.74, 6) is 0.195. The van der Waals surface area contributed by atoms with Crippen LogP contribution in [0.3, 0.4) is 0 Å². The first-order valence-corrected chi connectivity index (χ1v) is 6.01. The van der Waals surface area contributed by atoms with E-state index < -0.39 is 6.10 Å². The van der Waals surface area contributed by atoms with E-state index in [0.29, 0.717) is 23.4 Å². The summed E-state index contributed by atoms with van der Waals surface area (Å²) in [4.78, 5) is 11.9. The van der Waals surface area contributed by atoms with Crippen molar-refractivity contribution in [2.24, 2.45) is 0 Å². The Hall–Kier alpha value is -2.28. The van der Waals surface area contributed by atoms with Gasteiger partial charge in [-0.05, 0) is 23.8 Å². The molecule has 0 spiro atoms. The van der Waals surface area contributed by atoms with Crippen molar-refractivity contribution in [1.29, 1.82) is 0 Å². The van der Waals surface area contributed by atoms with Crippen molar-refractivity contribution in [2.75, 3.05) is 6.54 Å². The number of carbonyl (C=O) groups is 1. The maximum atomic E-state index is 11.9. The number of H-pyrrole nitrogens is 1. The second-order valence-corrected chi connectivity index (χ2v) is 4.09. The summed E-state index contributed by atoms with van der Waals surface area (Å²) in [6.45, 7) is 2.09. The molecule has 1 aromatic carbocycles. The second-order valence-electron chi connectivity index (χ2n) is 4.09. The first-order valence-electron chi connectivity index (χ1n) is 6.01. The molecule has 0 aliphatic heterocycles. The zero-order valence-corrected chi connectivity index (χ0v) is 10.5. The number of aromatic amines is 1. The summed E-state index contributed by atoms with van der Waals surface area (Å²) in [5, 5.41) is 25.6. The molecular formula is C12H15N5O2. The number of benzene rings is 1. The smallest absolute Gasteiger partial charge is 0.251 e. The van der Waals surface area contributed by atoms with Gasteiger partial charge in [0, 0.05) is 17.7 Å². The molecule has 0 aliphatic rings. The van der Waals surface area contributed by atoms with Crippen LogP contribution in [-0.2, 0) is 0 Å². The van der Waals surface area contributed by atoms with Gasteiger partial charge in [-0.1, -0.05) is 19.1 Å². The van der Waals surface area contributed by atoms with Gasteiger partial charge in [0.15, 0.2) is 0 Å². The summed E-state index contributed by atoms with van der Waals surface area (Å²) in [7, 11) is 0. The molecule has 1 amide bonds. The molecule has 0 fully saturated rings. The highest BCUT2D eigenvalue weighted by atomic mass is 16.3. The van der Waals surface area contributed by atoms with E-state index in [0.717, 1.165) is 0 Å². The molecule has 0 bridgehead atoms. The van der Waals surface area contributed by atoms with Gasteiger partial charge in [-0.15, -0.1) is 10.2 Å². The summed E-state index contributed by atoms with van der Waals surface area (Å²) in [6.07, 6.45) is 0.0766. The molecule has 0 radical (unpaired) electrons. The minimum Gasteiger partial charge on any atom is -0.391 e. The maximum absolute atomic E-state index is 11.9. The van der Waals surface area contributed by atoms with Crippen molar-refractivity contribution in [2.45, 2.75) is 19.4 Å². The van der Waals surface area contributed by atoms with E-state index in [9.17, 15) is 9.90 Å². The van der Waals surface area contributed by atoms with E-state index in [1.165, 1.54) is 0 Å². The number of nitrogens with one attached hydrogen (secondary N) is 2. The molecule has 1 atom stereocenters. The predicted molar refractivity (Wildman–Crippen MR) is 68.2 cm³/mol. The van der Waals surface area contributed by atoms with Gasteiger partial charge >= 0.3 is 0 Å². The Morgan fingerprint density at radius 2 is 2.37 bits per heavy atom. The summed E-state index contributed by atoms with van der Waals surface area (Å²) in [5.41, 5.74) is 1.20. The summed E-state index contributed by atoms with van der Waals surface area (Å²) < 4.78 is 0. The zero-order chi connectivity index (χ0) is 13.7. The fraction of sp³-hybridized carbons (Fsp3) is 0.333. The zero-order valence-electron chi connectivity index (χ0n) is 10.5. The Kier molecular flexibility index (Phi) is 4.19. The average Bonchev–Trinajstić information content (AvgIpc) is 2.98. The van der Waals surface area contributed by atoms with Crippen LogP contribution >= 0.6 is 0 Å². The van der Waals surface area contributed by atoms with Crippen molar-refractivity contribution in [1.82, 2.24) is 25.9 Å². The topological polar surface area (TPSA) is 104 Å². The second kappa shape index (κ2) is 6.05. The Bertz CT molecular complexity index is 541. The highest BCUT2D eigenvalue weighted by Crippen LogP contribution is 2.14. The number of tetrazole rings is 1. The summed E-state index contributed by atoms with van der Waals surface area (Å²) in [6, 6.07) is 6.91. The van der Waals surface area contributed by atoms with Crippen molar-refractivity contribution in [3.8, 4) is 11.4 Å². The number of aliphatic hydroxyl groups excluding tert-OH is 1. The molecule has 0 saturated heterocycles.